The Kier molecular flexibility index (Phi) is 3.62. The molecular formula is C9H15NO2. The fourth-order valence-electron chi connectivity index (χ4n) is 1.07. The summed E-state index contributed by atoms with van der Waals surface area (Å²) in [4.78, 5) is 12.0. The van der Waals surface area contributed by atoms with Crippen molar-refractivity contribution in [1.82, 2.24) is 4.90 Å². The fourth-order valence-corrected chi connectivity index (χ4v) is 1.07. The number of hydrogen-bond donors (Lipinski definition) is 1. The van der Waals surface area contributed by atoms with Crippen LogP contribution in [0.2, 0.25) is 0 Å². The molecule has 0 heterocycles. The van der Waals surface area contributed by atoms with E-state index >= 15 is 0 Å². The molecule has 1 N–H and O–H groups in total. The highest BCUT2D eigenvalue weighted by atomic mass is 16.4. The van der Waals surface area contributed by atoms with Crippen molar-refractivity contribution in [2.75, 3.05) is 6.54 Å². The SMILES string of the molecule is C#CC(C)(CC)N(CC)C(=O)O. The fraction of sp³-hybridized carbons (Fsp3) is 0.667. The largest absolute Gasteiger partial charge is 0.465 e. The topological polar surface area (TPSA) is 40.5 Å². The third-order valence-electron chi connectivity index (χ3n) is 2.14. The van der Waals surface area contributed by atoms with Crippen molar-refractivity contribution >= 4 is 6.09 Å². The van der Waals surface area contributed by atoms with Crippen molar-refractivity contribution in [3.8, 4) is 12.3 Å². The lowest BCUT2D eigenvalue weighted by Crippen LogP contribution is -2.47. The van der Waals surface area contributed by atoms with Gasteiger partial charge in [-0.25, -0.2) is 4.79 Å². The molecule has 1 amide bonds. The smallest absolute Gasteiger partial charge is 0.408 e. The van der Waals surface area contributed by atoms with E-state index in [1.807, 2.05) is 6.92 Å². The lowest BCUT2D eigenvalue weighted by Gasteiger charge is -2.33. The Morgan fingerprint density at radius 2 is 2.17 bits per heavy atom. The van der Waals surface area contributed by atoms with Crippen molar-refractivity contribution in [3.63, 3.8) is 0 Å². The number of carboxylic acid groups (broad SMARTS) is 1. The lowest BCUT2D eigenvalue weighted by atomic mass is 9.98. The van der Waals surface area contributed by atoms with Crippen molar-refractivity contribution in [1.29, 1.82) is 0 Å². The summed E-state index contributed by atoms with van der Waals surface area (Å²) in [7, 11) is 0. The quantitative estimate of drug-likeness (QED) is 0.654. The van der Waals surface area contributed by atoms with Crippen molar-refractivity contribution < 1.29 is 9.90 Å². The van der Waals surface area contributed by atoms with Crippen LogP contribution >= 0.6 is 0 Å². The molecule has 0 saturated carbocycles. The van der Waals surface area contributed by atoms with Gasteiger partial charge in [0.05, 0.1) is 0 Å². The molecule has 0 fully saturated rings. The van der Waals surface area contributed by atoms with Gasteiger partial charge in [0.25, 0.3) is 0 Å². The number of carbonyl (C=O) groups is 1. The molecule has 0 radical (unpaired) electrons. The van der Waals surface area contributed by atoms with E-state index in [0.29, 0.717) is 13.0 Å². The Morgan fingerprint density at radius 3 is 2.25 bits per heavy atom. The summed E-state index contributed by atoms with van der Waals surface area (Å²) in [5, 5.41) is 8.80. The Balaban J connectivity index is 4.70. The zero-order valence-electron chi connectivity index (χ0n) is 7.79. The van der Waals surface area contributed by atoms with E-state index in [1.54, 1.807) is 13.8 Å². The van der Waals surface area contributed by atoms with E-state index < -0.39 is 11.6 Å². The average Bonchev–Trinajstić information content (AvgIpc) is 2.04. The van der Waals surface area contributed by atoms with Crippen LogP contribution < -0.4 is 0 Å². The molecule has 0 aromatic carbocycles. The molecular weight excluding hydrogens is 154 g/mol. The first-order valence-electron chi connectivity index (χ1n) is 4.00. The van der Waals surface area contributed by atoms with E-state index in [9.17, 15) is 4.79 Å². The lowest BCUT2D eigenvalue weighted by molar-refractivity contribution is 0.110. The summed E-state index contributed by atoms with van der Waals surface area (Å²) in [5.41, 5.74) is -0.666. The molecule has 1 unspecified atom stereocenters. The Bertz CT molecular complexity index is 207. The Morgan fingerprint density at radius 1 is 1.67 bits per heavy atom. The second-order valence-electron chi connectivity index (χ2n) is 2.80. The minimum absolute atomic E-state index is 0.421. The summed E-state index contributed by atoms with van der Waals surface area (Å²) in [5.74, 6) is 2.51. The minimum atomic E-state index is -0.959. The first-order chi connectivity index (χ1) is 5.51. The van der Waals surface area contributed by atoms with Crippen molar-refractivity contribution in [2.45, 2.75) is 32.7 Å². The van der Waals surface area contributed by atoms with Crippen LogP contribution in [0.4, 0.5) is 4.79 Å². The molecule has 0 saturated heterocycles. The molecule has 0 aromatic heterocycles. The molecule has 3 heteroatoms. The number of terminal acetylenes is 1. The van der Waals surface area contributed by atoms with Gasteiger partial charge in [-0.3, -0.25) is 4.90 Å². The van der Waals surface area contributed by atoms with Gasteiger partial charge in [0.1, 0.15) is 5.54 Å². The van der Waals surface area contributed by atoms with Crippen molar-refractivity contribution in [2.24, 2.45) is 0 Å². The van der Waals surface area contributed by atoms with Crippen LogP contribution in [0.1, 0.15) is 27.2 Å². The van der Waals surface area contributed by atoms with Crippen LogP contribution in [0.25, 0.3) is 0 Å². The second-order valence-corrected chi connectivity index (χ2v) is 2.80. The monoisotopic (exact) mass is 169 g/mol. The normalized spacial score (nSPS) is 14.5. The van der Waals surface area contributed by atoms with E-state index in [2.05, 4.69) is 5.92 Å². The molecule has 12 heavy (non-hydrogen) atoms. The van der Waals surface area contributed by atoms with Gasteiger partial charge < -0.3 is 5.11 Å². The molecule has 0 spiro atoms. The number of hydrogen-bond acceptors (Lipinski definition) is 1. The van der Waals surface area contributed by atoms with Crippen LogP contribution in [0.3, 0.4) is 0 Å². The summed E-state index contributed by atoms with van der Waals surface area (Å²) in [6, 6.07) is 0. The molecule has 0 aromatic rings. The van der Waals surface area contributed by atoms with Gasteiger partial charge in [0.15, 0.2) is 0 Å². The molecule has 0 bridgehead atoms. The molecule has 0 aliphatic rings. The molecule has 68 valence electrons. The maximum atomic E-state index is 10.7. The number of amides is 1. The van der Waals surface area contributed by atoms with Gasteiger partial charge in [0, 0.05) is 6.54 Å². The van der Waals surface area contributed by atoms with E-state index in [0.717, 1.165) is 0 Å². The van der Waals surface area contributed by atoms with Gasteiger partial charge in [-0.15, -0.1) is 6.42 Å². The predicted octanol–water partition coefficient (Wildman–Crippen LogP) is 1.79. The van der Waals surface area contributed by atoms with Crippen LogP contribution in [0.15, 0.2) is 0 Å². The summed E-state index contributed by atoms with van der Waals surface area (Å²) >= 11 is 0. The third-order valence-corrected chi connectivity index (χ3v) is 2.14. The van der Waals surface area contributed by atoms with Crippen LogP contribution in [0.5, 0.6) is 0 Å². The van der Waals surface area contributed by atoms with E-state index in [4.69, 9.17) is 11.5 Å². The Labute approximate surface area is 73.4 Å². The zero-order chi connectivity index (χ0) is 9.78. The highest BCUT2D eigenvalue weighted by Crippen LogP contribution is 2.17. The summed E-state index contributed by atoms with van der Waals surface area (Å²) in [6.45, 7) is 5.83. The average molecular weight is 169 g/mol. The molecule has 0 aliphatic heterocycles. The predicted molar refractivity (Wildman–Crippen MR) is 47.9 cm³/mol. The highest BCUT2D eigenvalue weighted by molar-refractivity contribution is 5.66. The maximum absolute atomic E-state index is 10.7. The number of rotatable bonds is 3. The molecule has 0 aliphatic carbocycles. The summed E-state index contributed by atoms with van der Waals surface area (Å²) < 4.78 is 0. The van der Waals surface area contributed by atoms with E-state index in [1.165, 1.54) is 4.90 Å². The van der Waals surface area contributed by atoms with Crippen LogP contribution in [0, 0.1) is 12.3 Å². The summed E-state index contributed by atoms with van der Waals surface area (Å²) in [6.07, 6.45) is 4.95. The first kappa shape index (κ1) is 10.8. The highest BCUT2D eigenvalue weighted by Gasteiger charge is 2.30. The second kappa shape index (κ2) is 4.01. The standard InChI is InChI=1S/C9H15NO2/c1-5-9(4,6-2)10(7-3)8(11)12/h1H,6-7H2,2-4H3,(H,11,12). The van der Waals surface area contributed by atoms with Gasteiger partial charge in [0.2, 0.25) is 0 Å². The minimum Gasteiger partial charge on any atom is -0.465 e. The molecule has 3 nitrogen and oxygen atoms in total. The van der Waals surface area contributed by atoms with Crippen molar-refractivity contribution in [3.05, 3.63) is 0 Å². The molecule has 0 rings (SSSR count). The zero-order valence-corrected chi connectivity index (χ0v) is 7.79. The van der Waals surface area contributed by atoms with Gasteiger partial charge in [-0.05, 0) is 20.3 Å². The number of nitrogens with zero attached hydrogens (tertiary/aromatic N) is 1. The van der Waals surface area contributed by atoms with E-state index in [-0.39, 0.29) is 0 Å². The van der Waals surface area contributed by atoms with Gasteiger partial charge in [-0.2, -0.15) is 0 Å². The molecule has 1 atom stereocenters. The van der Waals surface area contributed by atoms with Crippen LogP contribution in [-0.4, -0.2) is 28.2 Å². The third kappa shape index (κ3) is 1.91. The van der Waals surface area contributed by atoms with Crippen LogP contribution in [-0.2, 0) is 0 Å². The van der Waals surface area contributed by atoms with Gasteiger partial charge in [-0.1, -0.05) is 12.8 Å². The maximum Gasteiger partial charge on any atom is 0.408 e. The first-order valence-corrected chi connectivity index (χ1v) is 4.00. The Hall–Kier alpha value is -1.17. The van der Waals surface area contributed by atoms with Gasteiger partial charge >= 0.3 is 6.09 Å².